The van der Waals surface area contributed by atoms with Crippen molar-refractivity contribution in [2.45, 2.75) is 0 Å². The van der Waals surface area contributed by atoms with Crippen LogP contribution >= 0.6 is 22.9 Å². The second-order valence-corrected chi connectivity index (χ2v) is 8.50. The molecule has 32 heavy (non-hydrogen) atoms. The number of anilines is 1. The maximum Gasteiger partial charge on any atom is 0.282 e. The van der Waals surface area contributed by atoms with Crippen molar-refractivity contribution in [1.82, 2.24) is 0 Å². The minimum absolute atomic E-state index is 0.134. The van der Waals surface area contributed by atoms with Crippen LogP contribution in [0, 0.1) is 5.82 Å². The summed E-state index contributed by atoms with van der Waals surface area (Å²) >= 11 is 8.17. The van der Waals surface area contributed by atoms with Gasteiger partial charge in [0.1, 0.15) is 17.3 Å². The van der Waals surface area contributed by atoms with Crippen LogP contribution in [0.3, 0.4) is 0 Å². The zero-order valence-corrected chi connectivity index (χ0v) is 18.5. The number of nitrogens with zero attached hydrogens (tertiary/aromatic N) is 2. The lowest BCUT2D eigenvalue weighted by molar-refractivity contribution is -0.113. The summed E-state index contributed by atoms with van der Waals surface area (Å²) in [6.45, 7) is 0. The minimum atomic E-state index is -0.424. The van der Waals surface area contributed by atoms with E-state index in [0.717, 1.165) is 10.1 Å². The number of ether oxygens (including phenoxy) is 1. The second-order valence-electron chi connectivity index (χ2n) is 7.07. The third-order valence-electron chi connectivity index (χ3n) is 5.13. The summed E-state index contributed by atoms with van der Waals surface area (Å²) in [7, 11) is 1.58. The van der Waals surface area contributed by atoms with Gasteiger partial charge in [-0.05, 0) is 42.5 Å². The normalized spacial score (nSPS) is 15.0. The van der Waals surface area contributed by atoms with E-state index in [1.54, 1.807) is 49.6 Å². The Hall–Kier alpha value is -3.48. The summed E-state index contributed by atoms with van der Waals surface area (Å²) in [5.74, 6) is 0.296. The number of amidine groups is 1. The first-order chi connectivity index (χ1) is 15.6. The molecule has 1 aliphatic rings. The van der Waals surface area contributed by atoms with Crippen LogP contribution in [-0.4, -0.2) is 18.9 Å². The molecule has 0 fully saturated rings. The van der Waals surface area contributed by atoms with Crippen molar-refractivity contribution >= 4 is 56.5 Å². The van der Waals surface area contributed by atoms with E-state index in [4.69, 9.17) is 16.3 Å². The average Bonchev–Trinajstić information content (AvgIpc) is 3.32. The Morgan fingerprint density at radius 2 is 1.75 bits per heavy atom. The summed E-state index contributed by atoms with van der Waals surface area (Å²) < 4.78 is 20.5. The van der Waals surface area contributed by atoms with Crippen LogP contribution in [0.4, 0.5) is 10.1 Å². The molecule has 0 aliphatic carbocycles. The van der Waals surface area contributed by atoms with Gasteiger partial charge in [0, 0.05) is 15.6 Å². The van der Waals surface area contributed by atoms with Gasteiger partial charge in [-0.3, -0.25) is 9.69 Å². The van der Waals surface area contributed by atoms with E-state index in [1.165, 1.54) is 28.4 Å². The third kappa shape index (κ3) is 3.47. The summed E-state index contributed by atoms with van der Waals surface area (Å²) in [5, 5.41) is 1.42. The van der Waals surface area contributed by atoms with Gasteiger partial charge in [-0.2, -0.15) is 0 Å². The maximum absolute atomic E-state index is 14.2. The van der Waals surface area contributed by atoms with Gasteiger partial charge in [-0.1, -0.05) is 48.0 Å². The fourth-order valence-corrected chi connectivity index (χ4v) is 5.03. The Bertz CT molecular complexity index is 1410. The number of thiophene rings is 1. The van der Waals surface area contributed by atoms with Crippen molar-refractivity contribution < 1.29 is 13.9 Å². The van der Waals surface area contributed by atoms with Crippen molar-refractivity contribution in [2.75, 3.05) is 12.0 Å². The molecule has 0 bridgehead atoms. The molecule has 1 amide bonds. The van der Waals surface area contributed by atoms with Gasteiger partial charge in [0.15, 0.2) is 5.84 Å². The van der Waals surface area contributed by atoms with Crippen LogP contribution in [0.2, 0.25) is 5.02 Å². The van der Waals surface area contributed by atoms with Crippen LogP contribution in [-0.2, 0) is 4.79 Å². The van der Waals surface area contributed by atoms with E-state index >= 15 is 0 Å². The first kappa shape index (κ1) is 20.4. The highest BCUT2D eigenvalue weighted by Crippen LogP contribution is 2.39. The predicted molar refractivity (Wildman–Crippen MR) is 128 cm³/mol. The number of halogens is 2. The van der Waals surface area contributed by atoms with Crippen molar-refractivity contribution in [3.63, 3.8) is 0 Å². The van der Waals surface area contributed by atoms with Gasteiger partial charge in [-0.25, -0.2) is 9.38 Å². The topological polar surface area (TPSA) is 41.9 Å². The first-order valence-electron chi connectivity index (χ1n) is 9.77. The maximum atomic E-state index is 14.2. The molecule has 0 saturated carbocycles. The predicted octanol–water partition coefficient (Wildman–Crippen LogP) is 6.54. The molecular formula is C25H16ClFN2O2S. The molecule has 0 atom stereocenters. The Morgan fingerprint density at radius 1 is 1.03 bits per heavy atom. The Balaban J connectivity index is 1.68. The van der Waals surface area contributed by atoms with E-state index in [2.05, 4.69) is 4.99 Å². The highest BCUT2D eigenvalue weighted by atomic mass is 35.5. The van der Waals surface area contributed by atoms with Crippen molar-refractivity contribution in [3.05, 3.63) is 99.8 Å². The molecule has 0 spiro atoms. The van der Waals surface area contributed by atoms with Crippen molar-refractivity contribution in [1.29, 1.82) is 0 Å². The van der Waals surface area contributed by atoms with Crippen LogP contribution in [0.5, 0.6) is 5.75 Å². The molecular weight excluding hydrogens is 447 g/mol. The summed E-state index contributed by atoms with van der Waals surface area (Å²) in [5.41, 5.74) is 1.03. The number of aliphatic imine (C=N–C) groups is 1. The minimum Gasteiger partial charge on any atom is -0.497 e. The smallest absolute Gasteiger partial charge is 0.282 e. The molecule has 2 heterocycles. The van der Waals surface area contributed by atoms with E-state index in [0.29, 0.717) is 27.2 Å². The lowest BCUT2D eigenvalue weighted by Gasteiger charge is -2.18. The number of carbonyl (C=O) groups excluding carboxylic acids is 1. The summed E-state index contributed by atoms with van der Waals surface area (Å²) in [4.78, 5) is 20.2. The number of benzene rings is 3. The number of fused-ring (bicyclic) bond motifs is 1. The van der Waals surface area contributed by atoms with Crippen molar-refractivity contribution in [3.8, 4) is 5.75 Å². The van der Waals surface area contributed by atoms with Gasteiger partial charge in [0.2, 0.25) is 0 Å². The molecule has 0 unspecified atom stereocenters. The van der Waals surface area contributed by atoms with E-state index in [1.807, 2.05) is 24.3 Å². The molecule has 3 aromatic carbocycles. The molecule has 4 aromatic rings. The molecule has 1 aliphatic heterocycles. The van der Waals surface area contributed by atoms with Crippen LogP contribution in [0.1, 0.15) is 10.4 Å². The standard InChI is InChI=1S/C25H16ClFN2O2S/c1-31-17-12-10-16(11-13-17)29-24(23-22(26)18-7-3-5-9-21(18)32-23)28-20(25(29)30)14-15-6-2-4-8-19(15)27/h2-14H,1H3/b20-14+. The zero-order valence-electron chi connectivity index (χ0n) is 16.9. The van der Waals surface area contributed by atoms with Crippen molar-refractivity contribution in [2.24, 2.45) is 4.99 Å². The highest BCUT2D eigenvalue weighted by molar-refractivity contribution is 7.21. The van der Waals surface area contributed by atoms with E-state index < -0.39 is 5.82 Å². The number of amides is 1. The fourth-order valence-electron chi connectivity index (χ4n) is 3.54. The average molecular weight is 463 g/mol. The van der Waals surface area contributed by atoms with Gasteiger partial charge in [0.25, 0.3) is 5.91 Å². The molecule has 1 aromatic heterocycles. The van der Waals surface area contributed by atoms with Crippen LogP contribution < -0.4 is 9.64 Å². The Morgan fingerprint density at radius 3 is 2.47 bits per heavy atom. The Labute approximate surface area is 192 Å². The van der Waals surface area contributed by atoms with Gasteiger partial charge in [0.05, 0.1) is 22.7 Å². The summed E-state index contributed by atoms with van der Waals surface area (Å²) in [6, 6.07) is 21.1. The SMILES string of the molecule is COc1ccc(N2C(=O)/C(=C\c3ccccc3F)N=C2c2sc3ccccc3c2Cl)cc1. The zero-order chi connectivity index (χ0) is 22.2. The van der Waals surface area contributed by atoms with Crippen LogP contribution in [0.25, 0.3) is 16.2 Å². The highest BCUT2D eigenvalue weighted by Gasteiger charge is 2.35. The number of methoxy groups -OCH3 is 1. The first-order valence-corrected chi connectivity index (χ1v) is 11.0. The quantitative estimate of drug-likeness (QED) is 0.323. The number of carbonyl (C=O) groups is 1. The lowest BCUT2D eigenvalue weighted by Crippen LogP contribution is -2.32. The van der Waals surface area contributed by atoms with Gasteiger partial charge in [-0.15, -0.1) is 11.3 Å². The van der Waals surface area contributed by atoms with Gasteiger partial charge >= 0.3 is 0 Å². The molecule has 158 valence electrons. The second kappa shape index (κ2) is 8.22. The van der Waals surface area contributed by atoms with Gasteiger partial charge < -0.3 is 4.74 Å². The van der Waals surface area contributed by atoms with E-state index in [-0.39, 0.29) is 17.2 Å². The largest absolute Gasteiger partial charge is 0.497 e. The number of hydrogen-bond donors (Lipinski definition) is 0. The third-order valence-corrected chi connectivity index (χ3v) is 6.80. The molecule has 5 rings (SSSR count). The molecule has 0 radical (unpaired) electrons. The van der Waals surface area contributed by atoms with E-state index in [9.17, 15) is 9.18 Å². The monoisotopic (exact) mass is 462 g/mol. The molecule has 4 nitrogen and oxygen atoms in total. The molecule has 0 N–H and O–H groups in total. The Kier molecular flexibility index (Phi) is 5.25. The lowest BCUT2D eigenvalue weighted by atomic mass is 10.1. The number of hydrogen-bond acceptors (Lipinski definition) is 4. The molecule has 0 saturated heterocycles. The summed E-state index contributed by atoms with van der Waals surface area (Å²) in [6.07, 6.45) is 1.46. The molecule has 7 heteroatoms. The van der Waals surface area contributed by atoms with Crippen LogP contribution in [0.15, 0.2) is 83.5 Å². The fraction of sp³-hybridized carbons (Fsp3) is 0.0400. The number of rotatable bonds is 4.